The minimum Gasteiger partial charge on any atom is -0.366 e. The van der Waals surface area contributed by atoms with E-state index in [2.05, 4.69) is 20.4 Å². The third-order valence-electron chi connectivity index (χ3n) is 4.40. The molecule has 0 radical (unpaired) electrons. The second-order valence-corrected chi connectivity index (χ2v) is 7.36. The molecule has 29 heavy (non-hydrogen) atoms. The van der Waals surface area contributed by atoms with Crippen LogP contribution in [0.2, 0.25) is 10.0 Å². The predicted octanol–water partition coefficient (Wildman–Crippen LogP) is 2.27. The van der Waals surface area contributed by atoms with Gasteiger partial charge in [-0.05, 0) is 32.0 Å². The predicted molar refractivity (Wildman–Crippen MR) is 111 cm³/mol. The van der Waals surface area contributed by atoms with Crippen molar-refractivity contribution >= 4 is 52.4 Å². The summed E-state index contributed by atoms with van der Waals surface area (Å²) in [5.41, 5.74) is 8.21. The molecule has 3 aromatic rings. The standard InChI is InChI=1S/C18H19Cl2N7O2/c1-9-12(10(2)27-18(22-9)24-17(21)25-27)7-16(29)26(3)8-15(28)23-11-4-5-13(19)14(20)6-11/h4-6H,7-8H2,1-3H3,(H2,21,25)(H,23,28). The average Bonchev–Trinajstić information content (AvgIpc) is 3.01. The number of likely N-dealkylation sites (N-methyl/N-ethyl adjacent to an activating group) is 1. The number of aromatic nitrogens is 4. The number of anilines is 2. The number of amides is 2. The van der Waals surface area contributed by atoms with Crippen molar-refractivity contribution in [2.75, 3.05) is 24.6 Å². The maximum Gasteiger partial charge on any atom is 0.254 e. The van der Waals surface area contributed by atoms with Crippen LogP contribution in [0.25, 0.3) is 5.78 Å². The number of nitrogens with zero attached hydrogens (tertiary/aromatic N) is 5. The molecule has 1 aromatic carbocycles. The fraction of sp³-hybridized carbons (Fsp3) is 0.278. The van der Waals surface area contributed by atoms with Crippen LogP contribution in [-0.4, -0.2) is 49.9 Å². The number of nitrogens with two attached hydrogens (primary N) is 1. The van der Waals surface area contributed by atoms with E-state index in [-0.39, 0.29) is 30.7 Å². The maximum absolute atomic E-state index is 12.7. The van der Waals surface area contributed by atoms with Gasteiger partial charge in [0.25, 0.3) is 5.78 Å². The number of carbonyl (C=O) groups excluding carboxylic acids is 2. The number of halogens is 2. The first-order valence-electron chi connectivity index (χ1n) is 8.63. The van der Waals surface area contributed by atoms with Crippen LogP contribution in [0.3, 0.4) is 0 Å². The van der Waals surface area contributed by atoms with Gasteiger partial charge in [0.1, 0.15) is 0 Å². The molecule has 0 aliphatic heterocycles. The van der Waals surface area contributed by atoms with Gasteiger partial charge in [0.2, 0.25) is 17.8 Å². The smallest absolute Gasteiger partial charge is 0.254 e. The van der Waals surface area contributed by atoms with Crippen molar-refractivity contribution in [2.24, 2.45) is 0 Å². The number of carbonyl (C=O) groups is 2. The quantitative estimate of drug-likeness (QED) is 0.634. The molecule has 9 nitrogen and oxygen atoms in total. The molecule has 0 unspecified atom stereocenters. The van der Waals surface area contributed by atoms with Gasteiger partial charge in [0.15, 0.2) is 0 Å². The Labute approximate surface area is 176 Å². The van der Waals surface area contributed by atoms with Gasteiger partial charge in [0.05, 0.1) is 23.0 Å². The van der Waals surface area contributed by atoms with E-state index in [0.29, 0.717) is 32.8 Å². The number of hydrogen-bond donors (Lipinski definition) is 2. The Morgan fingerprint density at radius 2 is 1.93 bits per heavy atom. The number of aryl methyl sites for hydroxylation is 2. The highest BCUT2D eigenvalue weighted by Gasteiger charge is 2.19. The van der Waals surface area contributed by atoms with Crippen LogP contribution in [0.15, 0.2) is 18.2 Å². The van der Waals surface area contributed by atoms with Crippen molar-refractivity contribution in [1.82, 2.24) is 24.5 Å². The third-order valence-corrected chi connectivity index (χ3v) is 5.14. The Bertz CT molecular complexity index is 1110. The van der Waals surface area contributed by atoms with Gasteiger partial charge in [-0.25, -0.2) is 4.98 Å². The molecular weight excluding hydrogens is 417 g/mol. The molecule has 0 aliphatic carbocycles. The fourth-order valence-corrected chi connectivity index (χ4v) is 3.14. The maximum atomic E-state index is 12.7. The molecule has 152 valence electrons. The molecule has 0 atom stereocenters. The van der Waals surface area contributed by atoms with Gasteiger partial charge >= 0.3 is 0 Å². The van der Waals surface area contributed by atoms with Gasteiger partial charge in [-0.2, -0.15) is 9.50 Å². The van der Waals surface area contributed by atoms with Crippen LogP contribution < -0.4 is 11.1 Å². The fourth-order valence-electron chi connectivity index (χ4n) is 2.84. The summed E-state index contributed by atoms with van der Waals surface area (Å²) in [5, 5.41) is 7.49. The largest absolute Gasteiger partial charge is 0.366 e. The minimum atomic E-state index is -0.356. The van der Waals surface area contributed by atoms with Crippen molar-refractivity contribution in [3.63, 3.8) is 0 Å². The number of nitrogens with one attached hydrogen (secondary N) is 1. The normalized spacial score (nSPS) is 10.9. The summed E-state index contributed by atoms with van der Waals surface area (Å²) in [5.74, 6) is -0.109. The summed E-state index contributed by atoms with van der Waals surface area (Å²) in [6.45, 7) is 3.48. The lowest BCUT2D eigenvalue weighted by molar-refractivity contribution is -0.132. The van der Waals surface area contributed by atoms with Crippen LogP contribution in [0, 0.1) is 13.8 Å². The second kappa shape index (κ2) is 8.22. The number of rotatable bonds is 5. The molecule has 0 saturated heterocycles. The molecule has 3 N–H and O–H groups in total. The summed E-state index contributed by atoms with van der Waals surface area (Å²) in [4.78, 5) is 34.6. The van der Waals surface area contributed by atoms with Gasteiger partial charge in [0, 0.05) is 29.7 Å². The lowest BCUT2D eigenvalue weighted by atomic mass is 10.1. The lowest BCUT2D eigenvalue weighted by Gasteiger charge is -2.18. The van der Waals surface area contributed by atoms with Gasteiger partial charge in [-0.15, -0.1) is 5.10 Å². The third kappa shape index (κ3) is 4.57. The van der Waals surface area contributed by atoms with Gasteiger partial charge in [-0.3, -0.25) is 9.59 Å². The van der Waals surface area contributed by atoms with E-state index in [1.54, 1.807) is 32.2 Å². The first kappa shape index (κ1) is 20.8. The number of hydrogen-bond acceptors (Lipinski definition) is 6. The zero-order chi connectivity index (χ0) is 21.3. The molecule has 2 aromatic heterocycles. The molecule has 3 rings (SSSR count). The molecule has 2 amide bonds. The Morgan fingerprint density at radius 1 is 1.21 bits per heavy atom. The molecular formula is C18H19Cl2N7O2. The molecule has 0 fully saturated rings. The van der Waals surface area contributed by atoms with Crippen molar-refractivity contribution in [2.45, 2.75) is 20.3 Å². The summed E-state index contributed by atoms with van der Waals surface area (Å²) in [6, 6.07) is 4.76. The van der Waals surface area contributed by atoms with Crippen molar-refractivity contribution in [3.8, 4) is 0 Å². The van der Waals surface area contributed by atoms with E-state index < -0.39 is 0 Å². The summed E-state index contributed by atoms with van der Waals surface area (Å²) >= 11 is 11.8. The molecule has 0 aliphatic rings. The molecule has 2 heterocycles. The average molecular weight is 436 g/mol. The highest BCUT2D eigenvalue weighted by atomic mass is 35.5. The summed E-state index contributed by atoms with van der Waals surface area (Å²) in [7, 11) is 1.56. The van der Waals surface area contributed by atoms with Crippen molar-refractivity contribution in [3.05, 3.63) is 45.2 Å². The van der Waals surface area contributed by atoms with Crippen LogP contribution in [0.1, 0.15) is 17.0 Å². The van der Waals surface area contributed by atoms with Crippen molar-refractivity contribution in [1.29, 1.82) is 0 Å². The topological polar surface area (TPSA) is 119 Å². The number of fused-ring (bicyclic) bond motifs is 1. The van der Waals surface area contributed by atoms with E-state index >= 15 is 0 Å². The monoisotopic (exact) mass is 435 g/mol. The molecule has 0 saturated carbocycles. The Kier molecular flexibility index (Phi) is 5.90. The Morgan fingerprint density at radius 3 is 2.62 bits per heavy atom. The zero-order valence-electron chi connectivity index (χ0n) is 16.0. The second-order valence-electron chi connectivity index (χ2n) is 6.55. The summed E-state index contributed by atoms with van der Waals surface area (Å²) in [6.07, 6.45) is 0.0664. The number of nitrogen functional groups attached to an aromatic ring is 1. The van der Waals surface area contributed by atoms with E-state index in [9.17, 15) is 9.59 Å². The van der Waals surface area contributed by atoms with E-state index in [0.717, 1.165) is 5.69 Å². The highest BCUT2D eigenvalue weighted by Crippen LogP contribution is 2.25. The Hall–Kier alpha value is -2.91. The van der Waals surface area contributed by atoms with E-state index in [1.807, 2.05) is 6.92 Å². The molecule has 0 bridgehead atoms. The zero-order valence-corrected chi connectivity index (χ0v) is 17.5. The highest BCUT2D eigenvalue weighted by molar-refractivity contribution is 6.42. The number of benzene rings is 1. The van der Waals surface area contributed by atoms with E-state index in [1.165, 1.54) is 9.42 Å². The first-order chi connectivity index (χ1) is 13.7. The van der Waals surface area contributed by atoms with Crippen molar-refractivity contribution < 1.29 is 9.59 Å². The summed E-state index contributed by atoms with van der Waals surface area (Å²) < 4.78 is 1.50. The lowest BCUT2D eigenvalue weighted by Crippen LogP contribution is -2.36. The van der Waals surface area contributed by atoms with Gasteiger partial charge in [-0.1, -0.05) is 23.2 Å². The molecule has 0 spiro atoms. The van der Waals surface area contributed by atoms with E-state index in [4.69, 9.17) is 28.9 Å². The van der Waals surface area contributed by atoms with Crippen LogP contribution in [-0.2, 0) is 16.0 Å². The minimum absolute atomic E-state index is 0.0664. The first-order valence-corrected chi connectivity index (χ1v) is 9.38. The SMILES string of the molecule is Cc1nc2nc(N)nn2c(C)c1CC(=O)N(C)CC(=O)Nc1ccc(Cl)c(Cl)c1. The van der Waals surface area contributed by atoms with Crippen LogP contribution >= 0.6 is 23.2 Å². The van der Waals surface area contributed by atoms with Gasteiger partial charge < -0.3 is 16.0 Å². The molecule has 11 heteroatoms. The van der Waals surface area contributed by atoms with Crippen LogP contribution in [0.5, 0.6) is 0 Å². The Balaban J connectivity index is 1.68. The van der Waals surface area contributed by atoms with Crippen LogP contribution in [0.4, 0.5) is 11.6 Å².